The first kappa shape index (κ1) is 46.6. The molecule has 4 heterocycles. The number of methoxy groups -OCH3 is 1. The summed E-state index contributed by atoms with van der Waals surface area (Å²) >= 11 is 0. The third-order valence-electron chi connectivity index (χ3n) is 16.7. The highest BCUT2D eigenvalue weighted by atomic mass is 16.7. The SMILES string of the molecule is CO[C@H]1C[C@H](O[C@H]2CC[C@@]3(C)[C@H](CC[C@@H]4[C@@H]3CC[C@]3(C)[C@@H](C5=CC(=O)OC5)[C@@H](OC(C)=O)C[C@]43O)C2)O[C@H](C)[C@H]1O[C@@H]1O[C@H](CO[C@@H]2O[C@@H](C)[C@H](O)[C@@H](O)[C@H]2O)[C@@H](O)[C@H](O)[C@H]1O. The second kappa shape index (κ2) is 17.7. The number of carbonyl (C=O) groups excluding carboxylic acids is 2. The lowest BCUT2D eigenvalue weighted by atomic mass is 9.43. The van der Waals surface area contributed by atoms with E-state index in [1.807, 2.05) is 0 Å². The van der Waals surface area contributed by atoms with Crippen LogP contribution in [0.2, 0.25) is 0 Å². The maximum Gasteiger partial charge on any atom is 0.331 e. The zero-order valence-electron chi connectivity index (χ0n) is 36.5. The van der Waals surface area contributed by atoms with E-state index in [2.05, 4.69) is 13.8 Å². The Labute approximate surface area is 362 Å². The fraction of sp³-hybridized carbons (Fsp3) is 0.909. The van der Waals surface area contributed by atoms with Crippen LogP contribution >= 0.6 is 0 Å². The molecule has 8 rings (SSSR count). The molecular formula is C44H68O18. The quantitative estimate of drug-likeness (QED) is 0.115. The molecule has 4 aliphatic heterocycles. The summed E-state index contributed by atoms with van der Waals surface area (Å²) in [7, 11) is 1.54. The maximum absolute atomic E-state index is 12.9. The number of hydrogen-bond donors (Lipinski definition) is 7. The van der Waals surface area contributed by atoms with E-state index in [4.69, 9.17) is 42.6 Å². The zero-order valence-corrected chi connectivity index (χ0v) is 36.5. The lowest BCUT2D eigenvalue weighted by molar-refractivity contribution is -0.354. The van der Waals surface area contributed by atoms with Gasteiger partial charge in [0.25, 0.3) is 0 Å². The highest BCUT2D eigenvalue weighted by Gasteiger charge is 2.71. The van der Waals surface area contributed by atoms with E-state index in [9.17, 15) is 45.3 Å². The van der Waals surface area contributed by atoms with Gasteiger partial charge in [-0.1, -0.05) is 13.8 Å². The first-order valence-corrected chi connectivity index (χ1v) is 22.6. The molecule has 4 saturated carbocycles. The standard InChI is InChI=1S/C44H68O18/c1-19-33(47)35(49)37(51)40(58-19)56-18-29-34(48)36(50)38(52)41(61-29)62-39-20(2)57-31(15-27(39)54-6)60-24-9-11-42(4)23(14-24)7-8-26-25(42)10-12-43(5)32(22-13-30(46)55-17-22)28(59-21(3)45)16-44(26,43)53/h13,19-20,23-29,31-41,47-53H,7-12,14-18H2,1-6H3/t19-,20+,23+,24-,25-,26+,27-,28-,29+,31-,32-,33-,34+,35+,36-,37+,38+,39+,40+,41-,42-,43+,44-/m0/s1. The number of rotatable bonds is 10. The third-order valence-corrected chi connectivity index (χ3v) is 16.7. The lowest BCUT2D eigenvalue weighted by Crippen LogP contribution is -2.63. The highest BCUT2D eigenvalue weighted by molar-refractivity contribution is 5.85. The Bertz CT molecular complexity index is 1660. The number of esters is 2. The molecule has 0 spiro atoms. The van der Waals surface area contributed by atoms with Crippen molar-refractivity contribution in [1.82, 2.24) is 0 Å². The van der Waals surface area contributed by atoms with Gasteiger partial charge in [-0.25, -0.2) is 4.79 Å². The van der Waals surface area contributed by atoms with E-state index >= 15 is 0 Å². The van der Waals surface area contributed by atoms with Gasteiger partial charge in [-0.05, 0) is 87.5 Å². The van der Waals surface area contributed by atoms with E-state index in [1.165, 1.54) is 27.0 Å². The number of hydrogen-bond acceptors (Lipinski definition) is 18. The van der Waals surface area contributed by atoms with Crippen LogP contribution in [0.5, 0.6) is 0 Å². The minimum absolute atomic E-state index is 0.00838. The molecule has 62 heavy (non-hydrogen) atoms. The molecule has 7 N–H and O–H groups in total. The van der Waals surface area contributed by atoms with Gasteiger partial charge in [-0.15, -0.1) is 0 Å². The summed E-state index contributed by atoms with van der Waals surface area (Å²) in [5.74, 6) is -0.482. The number of aliphatic hydroxyl groups excluding tert-OH is 6. The van der Waals surface area contributed by atoms with Crippen molar-refractivity contribution >= 4 is 11.9 Å². The summed E-state index contributed by atoms with van der Waals surface area (Å²) in [5.41, 5.74) is -0.913. The van der Waals surface area contributed by atoms with Crippen molar-refractivity contribution < 1.29 is 88.0 Å². The normalized spacial score (nSPS) is 52.9. The molecule has 18 nitrogen and oxygen atoms in total. The largest absolute Gasteiger partial charge is 0.462 e. The van der Waals surface area contributed by atoms with Crippen molar-refractivity contribution in [3.05, 3.63) is 11.6 Å². The fourth-order valence-corrected chi connectivity index (χ4v) is 13.3. The summed E-state index contributed by atoms with van der Waals surface area (Å²) in [6.07, 6.45) is -9.32. The van der Waals surface area contributed by atoms with E-state index in [0.717, 1.165) is 50.5 Å². The molecule has 0 amide bonds. The molecule has 0 unspecified atom stereocenters. The van der Waals surface area contributed by atoms with E-state index < -0.39 is 122 Å². The van der Waals surface area contributed by atoms with Gasteiger partial charge in [-0.3, -0.25) is 4.79 Å². The number of aliphatic hydroxyl groups is 7. The molecule has 8 aliphatic rings. The fourth-order valence-electron chi connectivity index (χ4n) is 13.3. The van der Waals surface area contributed by atoms with Gasteiger partial charge >= 0.3 is 11.9 Å². The Hall–Kier alpha value is -1.88. The first-order chi connectivity index (χ1) is 29.3. The first-order valence-electron chi connectivity index (χ1n) is 22.6. The molecule has 18 heteroatoms. The van der Waals surface area contributed by atoms with Crippen LogP contribution in [0.3, 0.4) is 0 Å². The van der Waals surface area contributed by atoms with Crippen LogP contribution in [0.4, 0.5) is 0 Å². The summed E-state index contributed by atoms with van der Waals surface area (Å²) in [6, 6.07) is 0. The molecular weight excluding hydrogens is 816 g/mol. The van der Waals surface area contributed by atoms with Crippen molar-refractivity contribution in [1.29, 1.82) is 0 Å². The molecule has 7 fully saturated rings. The molecule has 0 aromatic rings. The van der Waals surface area contributed by atoms with E-state index in [1.54, 1.807) is 6.92 Å². The van der Waals surface area contributed by atoms with Crippen molar-refractivity contribution in [2.45, 2.75) is 196 Å². The van der Waals surface area contributed by atoms with Gasteiger partial charge in [0.2, 0.25) is 0 Å². The van der Waals surface area contributed by atoms with Gasteiger partial charge in [0, 0.05) is 44.3 Å². The van der Waals surface area contributed by atoms with Gasteiger partial charge < -0.3 is 78.4 Å². The average Bonchev–Trinajstić information content (AvgIpc) is 3.74. The van der Waals surface area contributed by atoms with Crippen molar-refractivity contribution in [3.63, 3.8) is 0 Å². The minimum Gasteiger partial charge on any atom is -0.462 e. The van der Waals surface area contributed by atoms with Crippen molar-refractivity contribution in [3.8, 4) is 0 Å². The Morgan fingerprint density at radius 2 is 1.53 bits per heavy atom. The Morgan fingerprint density at radius 1 is 0.806 bits per heavy atom. The van der Waals surface area contributed by atoms with Crippen molar-refractivity contribution in [2.24, 2.45) is 34.5 Å². The maximum atomic E-state index is 12.9. The topological polar surface area (TPSA) is 259 Å². The molecule has 352 valence electrons. The van der Waals surface area contributed by atoms with Crippen LogP contribution in [0.1, 0.15) is 92.4 Å². The van der Waals surface area contributed by atoms with Crippen LogP contribution < -0.4 is 0 Å². The molecule has 0 aromatic heterocycles. The Balaban J connectivity index is 0.876. The Morgan fingerprint density at radius 3 is 2.23 bits per heavy atom. The monoisotopic (exact) mass is 884 g/mol. The number of carbonyl (C=O) groups is 2. The minimum atomic E-state index is -1.68. The number of cyclic esters (lactones) is 1. The molecule has 0 radical (unpaired) electrons. The average molecular weight is 885 g/mol. The van der Waals surface area contributed by atoms with Gasteiger partial charge in [0.1, 0.15) is 61.5 Å². The summed E-state index contributed by atoms with van der Waals surface area (Å²) < 4.78 is 53.4. The van der Waals surface area contributed by atoms with Gasteiger partial charge in [0.15, 0.2) is 18.9 Å². The zero-order chi connectivity index (χ0) is 44.6. The third kappa shape index (κ3) is 8.09. The molecule has 3 saturated heterocycles. The van der Waals surface area contributed by atoms with Gasteiger partial charge in [-0.2, -0.15) is 0 Å². The van der Waals surface area contributed by atoms with Crippen LogP contribution in [0.25, 0.3) is 0 Å². The van der Waals surface area contributed by atoms with Crippen LogP contribution in [0.15, 0.2) is 11.6 Å². The predicted octanol–water partition coefficient (Wildman–Crippen LogP) is 0.357. The Kier molecular flexibility index (Phi) is 13.3. The smallest absolute Gasteiger partial charge is 0.331 e. The highest BCUT2D eigenvalue weighted by Crippen LogP contribution is 2.70. The summed E-state index contributed by atoms with van der Waals surface area (Å²) in [6.45, 7) is 8.91. The summed E-state index contributed by atoms with van der Waals surface area (Å²) in [5, 5.41) is 75.8. The molecule has 4 aliphatic carbocycles. The van der Waals surface area contributed by atoms with Crippen LogP contribution in [-0.2, 0) is 52.2 Å². The molecule has 0 aromatic carbocycles. The lowest BCUT2D eigenvalue weighted by Gasteiger charge is -2.63. The van der Waals surface area contributed by atoms with Crippen molar-refractivity contribution in [2.75, 3.05) is 20.3 Å². The van der Waals surface area contributed by atoms with Crippen LogP contribution in [0, 0.1) is 34.5 Å². The second-order valence-corrected chi connectivity index (χ2v) is 20.0. The second-order valence-electron chi connectivity index (χ2n) is 20.0. The predicted molar refractivity (Wildman–Crippen MR) is 211 cm³/mol. The van der Waals surface area contributed by atoms with Gasteiger partial charge in [0.05, 0.1) is 36.6 Å². The van der Waals surface area contributed by atoms with E-state index in [-0.39, 0.29) is 35.9 Å². The molecule has 0 bridgehead atoms. The number of fused-ring (bicyclic) bond motifs is 5. The molecule has 23 atom stereocenters. The summed E-state index contributed by atoms with van der Waals surface area (Å²) in [4.78, 5) is 24.5. The van der Waals surface area contributed by atoms with E-state index in [0.29, 0.717) is 18.8 Å². The number of ether oxygens (including phenoxy) is 9. The van der Waals surface area contributed by atoms with Crippen LogP contribution in [-0.4, -0.2) is 172 Å².